The molecule has 3 N–H and O–H groups in total. The fourth-order valence-corrected chi connectivity index (χ4v) is 1.76. The Balaban J connectivity index is 2.93. The van der Waals surface area contributed by atoms with E-state index in [0.29, 0.717) is 17.7 Å². The molecule has 3 nitrogen and oxygen atoms in total. The Bertz CT molecular complexity index is 419. The molecule has 108 valence electrons. The quantitative estimate of drug-likeness (QED) is 0.642. The summed E-state index contributed by atoms with van der Waals surface area (Å²) in [4.78, 5) is 0. The molecule has 0 saturated carbocycles. The summed E-state index contributed by atoms with van der Waals surface area (Å²) in [5.41, 5.74) is 3.15. The number of nitrogens with two attached hydrogens (primary N) is 1. The second-order valence-electron chi connectivity index (χ2n) is 4.67. The molecular weight excluding hydrogens is 257 g/mol. The summed E-state index contributed by atoms with van der Waals surface area (Å²) < 4.78 is 43.2. The first-order chi connectivity index (χ1) is 8.75. The van der Waals surface area contributed by atoms with Gasteiger partial charge in [-0.2, -0.15) is 13.2 Å². The van der Waals surface area contributed by atoms with Crippen molar-refractivity contribution in [3.05, 3.63) is 34.9 Å². The van der Waals surface area contributed by atoms with Crippen molar-refractivity contribution < 1.29 is 17.9 Å². The second kappa shape index (κ2) is 6.36. The fourth-order valence-electron chi connectivity index (χ4n) is 1.76. The first kappa shape index (κ1) is 15.9. The predicted molar refractivity (Wildman–Crippen MR) is 67.3 cm³/mol. The molecule has 1 aromatic carbocycles. The van der Waals surface area contributed by atoms with Crippen molar-refractivity contribution in [2.24, 2.45) is 5.84 Å². The van der Waals surface area contributed by atoms with Crippen LogP contribution in [0.15, 0.2) is 18.2 Å². The summed E-state index contributed by atoms with van der Waals surface area (Å²) >= 11 is 0. The highest BCUT2D eigenvalue weighted by molar-refractivity contribution is 5.34. The minimum absolute atomic E-state index is 0.0330. The zero-order chi connectivity index (χ0) is 14.6. The highest BCUT2D eigenvalue weighted by Gasteiger charge is 2.31. The fraction of sp³-hybridized carbons (Fsp3) is 0.538. The molecule has 6 heteroatoms. The smallest absolute Gasteiger partial charge is 0.377 e. The summed E-state index contributed by atoms with van der Waals surface area (Å²) in [6.07, 6.45) is -4.30. The Morgan fingerprint density at radius 3 is 2.37 bits per heavy atom. The molecule has 0 saturated heterocycles. The van der Waals surface area contributed by atoms with Crippen LogP contribution in [-0.4, -0.2) is 12.7 Å². The number of rotatable bonds is 5. The Morgan fingerprint density at radius 2 is 1.95 bits per heavy atom. The van der Waals surface area contributed by atoms with Gasteiger partial charge in [0.05, 0.1) is 24.3 Å². The van der Waals surface area contributed by atoms with Gasteiger partial charge in [-0.1, -0.05) is 6.07 Å². The van der Waals surface area contributed by atoms with E-state index >= 15 is 0 Å². The maximum Gasteiger partial charge on any atom is 0.416 e. The monoisotopic (exact) mass is 276 g/mol. The summed E-state index contributed by atoms with van der Waals surface area (Å²) in [7, 11) is 0. The van der Waals surface area contributed by atoms with Gasteiger partial charge >= 0.3 is 6.18 Å². The molecule has 1 unspecified atom stereocenters. The Kier molecular flexibility index (Phi) is 5.34. The van der Waals surface area contributed by atoms with E-state index in [4.69, 9.17) is 10.6 Å². The molecule has 1 aromatic rings. The van der Waals surface area contributed by atoms with Gasteiger partial charge in [-0.3, -0.25) is 11.3 Å². The van der Waals surface area contributed by atoms with E-state index in [1.165, 1.54) is 6.07 Å². The van der Waals surface area contributed by atoms with Gasteiger partial charge in [-0.05, 0) is 44.0 Å². The van der Waals surface area contributed by atoms with Gasteiger partial charge in [0.1, 0.15) is 0 Å². The van der Waals surface area contributed by atoms with Crippen LogP contribution in [0, 0.1) is 6.92 Å². The number of nitrogens with one attached hydrogen (secondary N) is 1. The third-order valence-corrected chi connectivity index (χ3v) is 2.77. The number of ether oxygens (including phenoxy) is 1. The van der Waals surface area contributed by atoms with Gasteiger partial charge in [-0.15, -0.1) is 0 Å². The molecular formula is C13H19F3N2O. The van der Waals surface area contributed by atoms with Crippen molar-refractivity contribution in [3.63, 3.8) is 0 Å². The van der Waals surface area contributed by atoms with Crippen LogP contribution in [0.4, 0.5) is 13.2 Å². The van der Waals surface area contributed by atoms with Crippen molar-refractivity contribution in [3.8, 4) is 0 Å². The van der Waals surface area contributed by atoms with Crippen LogP contribution in [0.3, 0.4) is 0 Å². The molecule has 0 heterocycles. The average molecular weight is 276 g/mol. The molecule has 0 radical (unpaired) electrons. The van der Waals surface area contributed by atoms with Crippen molar-refractivity contribution in [1.82, 2.24) is 5.43 Å². The van der Waals surface area contributed by atoms with Crippen molar-refractivity contribution in [2.45, 2.75) is 39.1 Å². The van der Waals surface area contributed by atoms with Gasteiger partial charge < -0.3 is 4.74 Å². The molecule has 1 atom stereocenters. The lowest BCUT2D eigenvalue weighted by atomic mass is 9.99. The highest BCUT2D eigenvalue weighted by Crippen LogP contribution is 2.31. The molecule has 0 spiro atoms. The maximum atomic E-state index is 12.6. The van der Waals surface area contributed by atoms with E-state index in [1.807, 2.05) is 13.8 Å². The van der Waals surface area contributed by atoms with Crippen LogP contribution in [0.5, 0.6) is 0 Å². The summed E-state index contributed by atoms with van der Waals surface area (Å²) in [6, 6.07) is 3.29. The van der Waals surface area contributed by atoms with E-state index in [-0.39, 0.29) is 12.1 Å². The van der Waals surface area contributed by atoms with E-state index in [2.05, 4.69) is 5.43 Å². The van der Waals surface area contributed by atoms with Crippen LogP contribution in [0.2, 0.25) is 0 Å². The molecule has 1 rings (SSSR count). The third-order valence-electron chi connectivity index (χ3n) is 2.77. The molecule has 0 aliphatic heterocycles. The minimum Gasteiger partial charge on any atom is -0.377 e. The van der Waals surface area contributed by atoms with Crippen LogP contribution in [0.1, 0.15) is 36.6 Å². The number of hydrazine groups is 1. The molecule has 0 aromatic heterocycles. The minimum atomic E-state index is -4.33. The van der Waals surface area contributed by atoms with E-state index in [9.17, 15) is 13.2 Å². The first-order valence-electron chi connectivity index (χ1n) is 6.01. The zero-order valence-electron chi connectivity index (χ0n) is 11.2. The third kappa shape index (κ3) is 4.49. The molecule has 0 aliphatic carbocycles. The molecule has 0 fully saturated rings. The SMILES string of the molecule is Cc1cc(C(F)(F)F)ccc1C(COC(C)C)NN. The predicted octanol–water partition coefficient (Wildman–Crippen LogP) is 2.94. The first-order valence-corrected chi connectivity index (χ1v) is 6.01. The summed E-state index contributed by atoms with van der Waals surface area (Å²) in [5.74, 6) is 5.43. The Hall–Kier alpha value is -1.11. The van der Waals surface area contributed by atoms with Gasteiger partial charge in [0.2, 0.25) is 0 Å². The number of benzene rings is 1. The average Bonchev–Trinajstić information content (AvgIpc) is 2.29. The number of halogens is 3. The molecule has 0 amide bonds. The van der Waals surface area contributed by atoms with Gasteiger partial charge in [0.25, 0.3) is 0 Å². The lowest BCUT2D eigenvalue weighted by molar-refractivity contribution is -0.137. The Morgan fingerprint density at radius 1 is 1.32 bits per heavy atom. The highest BCUT2D eigenvalue weighted by atomic mass is 19.4. The van der Waals surface area contributed by atoms with Crippen molar-refractivity contribution in [2.75, 3.05) is 6.61 Å². The van der Waals surface area contributed by atoms with Crippen LogP contribution < -0.4 is 11.3 Å². The number of aryl methyl sites for hydroxylation is 1. The number of hydrogen-bond acceptors (Lipinski definition) is 3. The topological polar surface area (TPSA) is 47.3 Å². The van der Waals surface area contributed by atoms with Crippen molar-refractivity contribution >= 4 is 0 Å². The van der Waals surface area contributed by atoms with E-state index in [1.54, 1.807) is 6.92 Å². The zero-order valence-corrected chi connectivity index (χ0v) is 11.2. The van der Waals surface area contributed by atoms with Crippen molar-refractivity contribution in [1.29, 1.82) is 0 Å². The molecule has 0 aliphatic rings. The van der Waals surface area contributed by atoms with Gasteiger partial charge in [0.15, 0.2) is 0 Å². The number of hydrogen-bond donors (Lipinski definition) is 2. The van der Waals surface area contributed by atoms with E-state index < -0.39 is 11.7 Å². The second-order valence-corrected chi connectivity index (χ2v) is 4.67. The van der Waals surface area contributed by atoms with Gasteiger partial charge in [-0.25, -0.2) is 0 Å². The van der Waals surface area contributed by atoms with E-state index in [0.717, 1.165) is 12.1 Å². The number of alkyl halides is 3. The largest absolute Gasteiger partial charge is 0.416 e. The molecule has 0 bridgehead atoms. The summed E-state index contributed by atoms with van der Waals surface area (Å²) in [6.45, 7) is 5.70. The lowest BCUT2D eigenvalue weighted by Gasteiger charge is -2.21. The maximum absolute atomic E-state index is 12.6. The normalized spacial score (nSPS) is 13.9. The van der Waals surface area contributed by atoms with Crippen LogP contribution in [0.25, 0.3) is 0 Å². The molecule has 19 heavy (non-hydrogen) atoms. The van der Waals surface area contributed by atoms with Crippen LogP contribution >= 0.6 is 0 Å². The summed E-state index contributed by atoms with van der Waals surface area (Å²) in [5, 5.41) is 0. The standard InChI is InChI=1S/C13H19F3N2O/c1-8(2)19-7-12(18-17)11-5-4-10(6-9(11)3)13(14,15)16/h4-6,8,12,18H,7,17H2,1-3H3. The van der Waals surface area contributed by atoms with Crippen LogP contribution in [-0.2, 0) is 10.9 Å². The lowest BCUT2D eigenvalue weighted by Crippen LogP contribution is -2.32. The Labute approximate surface area is 110 Å². The van der Waals surface area contributed by atoms with Gasteiger partial charge in [0, 0.05) is 0 Å².